The van der Waals surface area contributed by atoms with Crippen LogP contribution in [0.1, 0.15) is 13.8 Å². The number of amides is 1. The predicted molar refractivity (Wildman–Crippen MR) is 131 cm³/mol. The van der Waals surface area contributed by atoms with Crippen molar-refractivity contribution in [1.29, 1.82) is 0 Å². The molecule has 0 unspecified atom stereocenters. The lowest BCUT2D eigenvalue weighted by atomic mass is 10.2. The van der Waals surface area contributed by atoms with Gasteiger partial charge in [0.2, 0.25) is 5.91 Å². The van der Waals surface area contributed by atoms with Gasteiger partial charge in [-0.05, 0) is 56.3 Å². The lowest BCUT2D eigenvalue weighted by molar-refractivity contribution is -0.113. The van der Waals surface area contributed by atoms with Gasteiger partial charge in [-0.3, -0.25) is 14.3 Å². The number of halogens is 1. The van der Waals surface area contributed by atoms with Gasteiger partial charge in [0.25, 0.3) is 0 Å². The second kappa shape index (κ2) is 10.5. The summed E-state index contributed by atoms with van der Waals surface area (Å²) in [6.45, 7) is 3.86. The average molecular weight is 480 g/mol. The van der Waals surface area contributed by atoms with Crippen molar-refractivity contribution in [3.05, 3.63) is 78.1 Å². The van der Waals surface area contributed by atoms with Crippen LogP contribution in [0.5, 0.6) is 5.75 Å². The first kappa shape index (κ1) is 22.8. The number of hydrogen-bond acceptors (Lipinski definition) is 6. The lowest BCUT2D eigenvalue weighted by Crippen LogP contribution is -2.15. The second-order valence-corrected chi connectivity index (χ2v) is 8.72. The third-order valence-corrected chi connectivity index (χ3v) is 5.70. The van der Waals surface area contributed by atoms with Gasteiger partial charge in [0.15, 0.2) is 11.0 Å². The van der Waals surface area contributed by atoms with E-state index in [4.69, 9.17) is 16.3 Å². The Bertz CT molecular complexity index is 1230. The molecule has 4 aromatic rings. The Hall–Kier alpha value is -3.36. The molecule has 0 spiro atoms. The maximum absolute atomic E-state index is 12.6. The molecular formula is C24H22ClN5O2S. The van der Waals surface area contributed by atoms with Crippen LogP contribution < -0.4 is 10.1 Å². The molecule has 0 aliphatic heterocycles. The van der Waals surface area contributed by atoms with E-state index in [1.165, 1.54) is 11.8 Å². The fourth-order valence-electron chi connectivity index (χ4n) is 3.11. The predicted octanol–water partition coefficient (Wildman–Crippen LogP) is 5.50. The maximum Gasteiger partial charge on any atom is 0.234 e. The molecule has 0 saturated carbocycles. The fraction of sp³-hybridized carbons (Fsp3) is 0.167. The lowest BCUT2D eigenvalue weighted by Gasteiger charge is -2.13. The molecule has 2 aromatic carbocycles. The van der Waals surface area contributed by atoms with Gasteiger partial charge in [-0.1, -0.05) is 41.6 Å². The number of carbonyl (C=O) groups excluding carboxylic acids is 1. The number of thioether (sulfide) groups is 1. The summed E-state index contributed by atoms with van der Waals surface area (Å²) in [4.78, 5) is 16.8. The number of hydrogen-bond donors (Lipinski definition) is 1. The van der Waals surface area contributed by atoms with Crippen LogP contribution in [0.4, 0.5) is 5.69 Å². The highest BCUT2D eigenvalue weighted by molar-refractivity contribution is 7.99. The summed E-state index contributed by atoms with van der Waals surface area (Å²) in [7, 11) is 0. The number of nitrogens with one attached hydrogen (secondary N) is 1. The first-order valence-corrected chi connectivity index (χ1v) is 11.7. The number of ether oxygens (including phenoxy) is 1. The Labute approximate surface area is 201 Å². The molecule has 7 nitrogen and oxygen atoms in total. The van der Waals surface area contributed by atoms with Crippen LogP contribution in [0.3, 0.4) is 0 Å². The minimum atomic E-state index is -0.181. The summed E-state index contributed by atoms with van der Waals surface area (Å²) in [5.41, 5.74) is 2.34. The molecule has 1 amide bonds. The average Bonchev–Trinajstić information content (AvgIpc) is 3.24. The van der Waals surface area contributed by atoms with Crippen molar-refractivity contribution >= 4 is 35.0 Å². The van der Waals surface area contributed by atoms with E-state index in [2.05, 4.69) is 20.5 Å². The van der Waals surface area contributed by atoms with E-state index in [0.717, 1.165) is 11.3 Å². The quantitative estimate of drug-likeness (QED) is 0.336. The summed E-state index contributed by atoms with van der Waals surface area (Å²) in [6, 6.07) is 18.7. The van der Waals surface area contributed by atoms with E-state index in [9.17, 15) is 4.79 Å². The summed E-state index contributed by atoms with van der Waals surface area (Å²) in [5, 5.41) is 12.6. The van der Waals surface area contributed by atoms with Gasteiger partial charge in [-0.2, -0.15) is 0 Å². The number of nitrogens with zero attached hydrogens (tertiary/aromatic N) is 4. The van der Waals surface area contributed by atoms with Crippen molar-refractivity contribution < 1.29 is 9.53 Å². The molecule has 0 aliphatic carbocycles. The number of benzene rings is 2. The number of aromatic nitrogens is 4. The van der Waals surface area contributed by atoms with Gasteiger partial charge < -0.3 is 10.1 Å². The van der Waals surface area contributed by atoms with Crippen molar-refractivity contribution in [2.24, 2.45) is 0 Å². The number of pyridine rings is 1. The molecule has 2 aromatic heterocycles. The van der Waals surface area contributed by atoms with Crippen LogP contribution in [0.2, 0.25) is 5.02 Å². The monoisotopic (exact) mass is 479 g/mol. The number of anilines is 1. The molecule has 4 rings (SSSR count). The minimum absolute atomic E-state index is 0.0119. The van der Waals surface area contributed by atoms with Gasteiger partial charge in [0.1, 0.15) is 5.75 Å². The van der Waals surface area contributed by atoms with Crippen LogP contribution in [0.25, 0.3) is 17.1 Å². The number of carbonyl (C=O) groups is 1. The third kappa shape index (κ3) is 5.71. The molecule has 9 heteroatoms. The standard InChI is InChI=1S/C24H22ClN5O2S/c1-16(2)32-21-11-10-18(13-20(21)25)27-22(31)15-33-24-29-28-23(17-7-6-12-26-14-17)30(24)19-8-4-3-5-9-19/h3-14,16H,15H2,1-2H3,(H,27,31). The number of rotatable bonds is 8. The molecule has 33 heavy (non-hydrogen) atoms. The van der Waals surface area contributed by atoms with E-state index in [0.29, 0.717) is 27.4 Å². The molecule has 0 radical (unpaired) electrons. The van der Waals surface area contributed by atoms with Crippen LogP contribution in [-0.4, -0.2) is 37.5 Å². The highest BCUT2D eigenvalue weighted by Gasteiger charge is 2.17. The summed E-state index contributed by atoms with van der Waals surface area (Å²) in [5.74, 6) is 1.21. The van der Waals surface area contributed by atoms with Crippen molar-refractivity contribution in [2.75, 3.05) is 11.1 Å². The molecule has 0 bridgehead atoms. The van der Waals surface area contributed by atoms with E-state index in [-0.39, 0.29) is 17.8 Å². The third-order valence-electron chi connectivity index (χ3n) is 4.48. The van der Waals surface area contributed by atoms with Gasteiger partial charge in [0, 0.05) is 29.3 Å². The fourth-order valence-corrected chi connectivity index (χ4v) is 4.09. The van der Waals surface area contributed by atoms with Gasteiger partial charge in [0.05, 0.1) is 16.9 Å². The normalized spacial score (nSPS) is 10.9. The van der Waals surface area contributed by atoms with Crippen molar-refractivity contribution in [3.63, 3.8) is 0 Å². The Balaban J connectivity index is 1.50. The van der Waals surface area contributed by atoms with Crippen molar-refractivity contribution in [1.82, 2.24) is 19.7 Å². The summed E-state index contributed by atoms with van der Waals surface area (Å²) in [6.07, 6.45) is 3.46. The van der Waals surface area contributed by atoms with Crippen molar-refractivity contribution in [3.8, 4) is 22.8 Å². The topological polar surface area (TPSA) is 81.9 Å². The first-order valence-electron chi connectivity index (χ1n) is 10.3. The van der Waals surface area contributed by atoms with E-state index < -0.39 is 0 Å². The highest BCUT2D eigenvalue weighted by Crippen LogP contribution is 2.30. The zero-order valence-electron chi connectivity index (χ0n) is 18.1. The Morgan fingerprint density at radius 3 is 2.64 bits per heavy atom. The van der Waals surface area contributed by atoms with Crippen LogP contribution in [-0.2, 0) is 4.79 Å². The van der Waals surface area contributed by atoms with Crippen LogP contribution >= 0.6 is 23.4 Å². The second-order valence-electron chi connectivity index (χ2n) is 7.37. The van der Waals surface area contributed by atoms with Crippen LogP contribution in [0, 0.1) is 0 Å². The van der Waals surface area contributed by atoms with Gasteiger partial charge in [-0.15, -0.1) is 10.2 Å². The summed E-state index contributed by atoms with van der Waals surface area (Å²) < 4.78 is 7.55. The van der Waals surface area contributed by atoms with E-state index >= 15 is 0 Å². The smallest absolute Gasteiger partial charge is 0.234 e. The van der Waals surface area contributed by atoms with Crippen molar-refractivity contribution in [2.45, 2.75) is 25.1 Å². The molecule has 1 N–H and O–H groups in total. The van der Waals surface area contributed by atoms with E-state index in [1.54, 1.807) is 30.6 Å². The molecule has 2 heterocycles. The Morgan fingerprint density at radius 1 is 1.12 bits per heavy atom. The zero-order chi connectivity index (χ0) is 23.2. The minimum Gasteiger partial charge on any atom is -0.489 e. The SMILES string of the molecule is CC(C)Oc1ccc(NC(=O)CSc2nnc(-c3cccnc3)n2-c2ccccc2)cc1Cl. The van der Waals surface area contributed by atoms with Gasteiger partial charge >= 0.3 is 0 Å². The molecule has 168 valence electrons. The highest BCUT2D eigenvalue weighted by atomic mass is 35.5. The maximum atomic E-state index is 12.6. The Kier molecular flexibility index (Phi) is 7.26. The summed E-state index contributed by atoms with van der Waals surface area (Å²) >= 11 is 7.57. The molecule has 0 fully saturated rings. The zero-order valence-corrected chi connectivity index (χ0v) is 19.7. The van der Waals surface area contributed by atoms with E-state index in [1.807, 2.05) is 60.9 Å². The molecular weight excluding hydrogens is 458 g/mol. The van der Waals surface area contributed by atoms with Crippen LogP contribution in [0.15, 0.2) is 78.2 Å². The molecule has 0 saturated heterocycles. The first-order chi connectivity index (χ1) is 16.0. The Morgan fingerprint density at radius 2 is 1.94 bits per heavy atom. The van der Waals surface area contributed by atoms with Gasteiger partial charge in [-0.25, -0.2) is 0 Å². The number of para-hydroxylation sites is 1. The molecule has 0 aliphatic rings. The molecule has 0 atom stereocenters. The largest absolute Gasteiger partial charge is 0.489 e.